The van der Waals surface area contributed by atoms with E-state index in [2.05, 4.69) is 12.1 Å². The third kappa shape index (κ3) is 1.16. The molecular weight excluding hydrogens is 228 g/mol. The van der Waals surface area contributed by atoms with Crippen LogP contribution in [0.1, 0.15) is 11.1 Å². The minimum absolute atomic E-state index is 0.00588. The van der Waals surface area contributed by atoms with Gasteiger partial charge in [-0.3, -0.25) is 4.79 Å². The van der Waals surface area contributed by atoms with Gasteiger partial charge in [-0.1, -0.05) is 36.4 Å². The molecule has 0 spiro atoms. The minimum atomic E-state index is 0.00588. The van der Waals surface area contributed by atoms with E-state index in [9.17, 15) is 4.79 Å². The van der Waals surface area contributed by atoms with E-state index in [-0.39, 0.29) is 12.6 Å². The number of allylic oxidation sites excluding steroid dienone is 1. The third-order valence-corrected chi connectivity index (χ3v) is 3.49. The highest BCUT2D eigenvalue weighted by molar-refractivity contribution is 6.08. The standard InChI is InChI=1S/C15H10O3/c16-13-7-12-10-4-2-1-3-9(10)5-6-11(12)14-15(13)18-8-17-14/h1-6H,7-8H2. The molecule has 0 atom stereocenters. The van der Waals surface area contributed by atoms with Crippen molar-refractivity contribution in [3.8, 4) is 0 Å². The van der Waals surface area contributed by atoms with E-state index < -0.39 is 0 Å². The van der Waals surface area contributed by atoms with Crippen molar-refractivity contribution >= 4 is 22.3 Å². The Labute approximate surface area is 104 Å². The Morgan fingerprint density at radius 1 is 0.944 bits per heavy atom. The topological polar surface area (TPSA) is 35.5 Å². The number of benzene rings is 2. The van der Waals surface area contributed by atoms with Crippen molar-refractivity contribution in [2.24, 2.45) is 0 Å². The van der Waals surface area contributed by atoms with E-state index >= 15 is 0 Å². The van der Waals surface area contributed by atoms with Crippen molar-refractivity contribution in [3.05, 3.63) is 53.3 Å². The lowest BCUT2D eigenvalue weighted by Crippen LogP contribution is -2.14. The average Bonchev–Trinajstić information content (AvgIpc) is 2.89. The molecule has 3 heteroatoms. The van der Waals surface area contributed by atoms with Gasteiger partial charge in [0.2, 0.25) is 18.3 Å². The van der Waals surface area contributed by atoms with E-state index in [1.165, 1.54) is 0 Å². The predicted octanol–water partition coefficient (Wildman–Crippen LogP) is 2.64. The molecular formula is C15H10O3. The van der Waals surface area contributed by atoms with Crippen LogP contribution in [-0.4, -0.2) is 12.6 Å². The Kier molecular flexibility index (Phi) is 1.81. The summed E-state index contributed by atoms with van der Waals surface area (Å²) in [7, 11) is 0. The van der Waals surface area contributed by atoms with Crippen LogP contribution in [0.4, 0.5) is 0 Å². The minimum Gasteiger partial charge on any atom is -0.453 e. The summed E-state index contributed by atoms with van der Waals surface area (Å²) >= 11 is 0. The van der Waals surface area contributed by atoms with Crippen LogP contribution in [0.3, 0.4) is 0 Å². The number of ketones is 1. The first-order chi connectivity index (χ1) is 8.84. The molecule has 88 valence electrons. The molecule has 1 aliphatic heterocycles. The molecule has 0 amide bonds. The number of fused-ring (bicyclic) bond motifs is 4. The van der Waals surface area contributed by atoms with Gasteiger partial charge in [0.15, 0.2) is 5.76 Å². The van der Waals surface area contributed by atoms with Gasteiger partial charge in [0.05, 0.1) is 0 Å². The number of ether oxygens (including phenoxy) is 2. The van der Waals surface area contributed by atoms with Gasteiger partial charge >= 0.3 is 0 Å². The quantitative estimate of drug-likeness (QED) is 0.707. The number of carbonyl (C=O) groups is 1. The maximum absolute atomic E-state index is 12.0. The van der Waals surface area contributed by atoms with Gasteiger partial charge in [-0.25, -0.2) is 0 Å². The van der Waals surface area contributed by atoms with Gasteiger partial charge in [-0.15, -0.1) is 0 Å². The van der Waals surface area contributed by atoms with E-state index in [0.717, 1.165) is 21.9 Å². The number of hydrogen-bond donors (Lipinski definition) is 0. The average molecular weight is 238 g/mol. The maximum atomic E-state index is 12.0. The molecule has 0 radical (unpaired) electrons. The molecule has 0 N–H and O–H groups in total. The Balaban J connectivity index is 2.08. The van der Waals surface area contributed by atoms with Crippen LogP contribution in [0.5, 0.6) is 0 Å². The second kappa shape index (κ2) is 3.35. The molecule has 0 aromatic heterocycles. The molecule has 0 saturated heterocycles. The second-order valence-electron chi connectivity index (χ2n) is 4.48. The van der Waals surface area contributed by atoms with Gasteiger partial charge in [-0.2, -0.15) is 0 Å². The molecule has 1 aliphatic carbocycles. The number of rotatable bonds is 0. The van der Waals surface area contributed by atoms with E-state index in [4.69, 9.17) is 9.47 Å². The van der Waals surface area contributed by atoms with Crippen LogP contribution in [0, 0.1) is 0 Å². The fourth-order valence-corrected chi connectivity index (χ4v) is 2.67. The number of Topliss-reactive ketones (excluding diaryl/α,β-unsaturated/α-hetero) is 1. The van der Waals surface area contributed by atoms with Gasteiger partial charge in [-0.05, 0) is 16.3 Å². The van der Waals surface area contributed by atoms with Gasteiger partial charge in [0.1, 0.15) is 0 Å². The van der Waals surface area contributed by atoms with Crippen molar-refractivity contribution in [2.75, 3.05) is 6.79 Å². The van der Waals surface area contributed by atoms with E-state index in [1.807, 2.05) is 24.3 Å². The Morgan fingerprint density at radius 3 is 2.72 bits per heavy atom. The fraction of sp³-hybridized carbons (Fsp3) is 0.133. The summed E-state index contributed by atoms with van der Waals surface area (Å²) in [6, 6.07) is 12.1. The monoisotopic (exact) mass is 238 g/mol. The second-order valence-corrected chi connectivity index (χ2v) is 4.48. The lowest BCUT2D eigenvalue weighted by Gasteiger charge is -2.16. The largest absolute Gasteiger partial charge is 0.453 e. The molecule has 0 bridgehead atoms. The summed E-state index contributed by atoms with van der Waals surface area (Å²) in [6.07, 6.45) is 0.388. The zero-order valence-corrected chi connectivity index (χ0v) is 9.60. The Hall–Kier alpha value is -2.29. The molecule has 2 aromatic carbocycles. The Morgan fingerprint density at radius 2 is 1.78 bits per heavy atom. The molecule has 2 aromatic rings. The van der Waals surface area contributed by atoms with Gasteiger partial charge < -0.3 is 9.47 Å². The third-order valence-electron chi connectivity index (χ3n) is 3.49. The molecule has 3 nitrogen and oxygen atoms in total. The first kappa shape index (κ1) is 9.71. The molecule has 18 heavy (non-hydrogen) atoms. The molecule has 0 fully saturated rings. The molecule has 1 heterocycles. The van der Waals surface area contributed by atoms with Crippen LogP contribution in [0.2, 0.25) is 0 Å². The van der Waals surface area contributed by atoms with Crippen LogP contribution in [-0.2, 0) is 20.7 Å². The van der Waals surface area contributed by atoms with Gasteiger partial charge in [0.25, 0.3) is 0 Å². The van der Waals surface area contributed by atoms with Crippen LogP contribution in [0.15, 0.2) is 42.2 Å². The van der Waals surface area contributed by atoms with Crippen LogP contribution >= 0.6 is 0 Å². The predicted molar refractivity (Wildman–Crippen MR) is 66.6 cm³/mol. The lowest BCUT2D eigenvalue weighted by atomic mass is 9.89. The normalized spacial score (nSPS) is 17.2. The zero-order valence-electron chi connectivity index (χ0n) is 9.60. The van der Waals surface area contributed by atoms with Crippen molar-refractivity contribution < 1.29 is 14.3 Å². The molecule has 2 aliphatic rings. The van der Waals surface area contributed by atoms with Gasteiger partial charge in [0, 0.05) is 12.0 Å². The maximum Gasteiger partial charge on any atom is 0.231 e. The van der Waals surface area contributed by atoms with Crippen molar-refractivity contribution in [1.29, 1.82) is 0 Å². The highest BCUT2D eigenvalue weighted by Crippen LogP contribution is 2.37. The molecule has 0 saturated carbocycles. The summed E-state index contributed by atoms with van der Waals surface area (Å²) in [6.45, 7) is 0.142. The molecule has 0 unspecified atom stereocenters. The smallest absolute Gasteiger partial charge is 0.231 e. The van der Waals surface area contributed by atoms with Crippen molar-refractivity contribution in [1.82, 2.24) is 0 Å². The summed E-state index contributed by atoms with van der Waals surface area (Å²) in [5.41, 5.74) is 2.03. The Bertz CT molecular complexity index is 713. The van der Waals surface area contributed by atoms with Crippen molar-refractivity contribution in [3.63, 3.8) is 0 Å². The summed E-state index contributed by atoms with van der Waals surface area (Å²) in [4.78, 5) is 12.0. The SMILES string of the molecule is O=C1Cc2c(ccc3ccccc23)C2=C1OCO2. The summed E-state index contributed by atoms with van der Waals surface area (Å²) in [5.74, 6) is 0.996. The van der Waals surface area contributed by atoms with Crippen molar-refractivity contribution in [2.45, 2.75) is 6.42 Å². The number of hydrogen-bond acceptors (Lipinski definition) is 3. The summed E-state index contributed by atoms with van der Waals surface area (Å²) in [5, 5.41) is 2.26. The molecule has 4 rings (SSSR count). The first-order valence-corrected chi connectivity index (χ1v) is 5.88. The zero-order chi connectivity index (χ0) is 12.1. The lowest BCUT2D eigenvalue weighted by molar-refractivity contribution is -0.118. The first-order valence-electron chi connectivity index (χ1n) is 5.88. The van der Waals surface area contributed by atoms with E-state index in [1.54, 1.807) is 0 Å². The van der Waals surface area contributed by atoms with E-state index in [0.29, 0.717) is 17.9 Å². The van der Waals surface area contributed by atoms with Crippen LogP contribution in [0.25, 0.3) is 16.5 Å². The summed E-state index contributed by atoms with van der Waals surface area (Å²) < 4.78 is 10.7. The fourth-order valence-electron chi connectivity index (χ4n) is 2.67. The number of carbonyl (C=O) groups excluding carboxylic acids is 1. The highest BCUT2D eigenvalue weighted by atomic mass is 16.7. The highest BCUT2D eigenvalue weighted by Gasteiger charge is 2.33. The van der Waals surface area contributed by atoms with Crippen LogP contribution < -0.4 is 0 Å².